The van der Waals surface area contributed by atoms with Crippen LogP contribution in [0.15, 0.2) is 52.9 Å². The highest BCUT2D eigenvalue weighted by molar-refractivity contribution is 6.03. The second-order valence-electron chi connectivity index (χ2n) is 5.27. The van der Waals surface area contributed by atoms with Gasteiger partial charge in [0.1, 0.15) is 12.4 Å². The SMILES string of the molecule is O=C(Nc1nnc([C@@H]2COc3ccccc3O2)o1)c1cccc(F)c1. The average Bonchev–Trinajstić information content (AvgIpc) is 3.10. The van der Waals surface area contributed by atoms with Crippen LogP contribution in [0.1, 0.15) is 22.4 Å². The molecule has 1 amide bonds. The van der Waals surface area contributed by atoms with Gasteiger partial charge in [0, 0.05) is 5.56 Å². The second-order valence-corrected chi connectivity index (χ2v) is 5.27. The first-order chi connectivity index (χ1) is 12.2. The van der Waals surface area contributed by atoms with Gasteiger partial charge in [-0.05, 0) is 30.3 Å². The monoisotopic (exact) mass is 341 g/mol. The number of hydrogen-bond acceptors (Lipinski definition) is 6. The Kier molecular flexibility index (Phi) is 3.77. The number of hydrogen-bond donors (Lipinski definition) is 1. The van der Waals surface area contributed by atoms with Gasteiger partial charge in [-0.15, -0.1) is 5.10 Å². The minimum atomic E-state index is -0.581. The molecule has 8 heteroatoms. The predicted molar refractivity (Wildman–Crippen MR) is 84.0 cm³/mol. The van der Waals surface area contributed by atoms with Crippen LogP contribution in [0.3, 0.4) is 0 Å². The van der Waals surface area contributed by atoms with E-state index in [0.717, 1.165) is 6.07 Å². The van der Waals surface area contributed by atoms with Crippen LogP contribution in [0.25, 0.3) is 0 Å². The van der Waals surface area contributed by atoms with Crippen LogP contribution in [-0.4, -0.2) is 22.7 Å². The number of fused-ring (bicyclic) bond motifs is 1. The van der Waals surface area contributed by atoms with E-state index >= 15 is 0 Å². The number of ether oxygens (including phenoxy) is 2. The van der Waals surface area contributed by atoms with Gasteiger partial charge in [0.25, 0.3) is 11.8 Å². The Morgan fingerprint density at radius 2 is 1.96 bits per heavy atom. The number of carbonyl (C=O) groups excluding carboxylic acids is 1. The molecule has 0 spiro atoms. The molecule has 1 aliphatic rings. The Hall–Kier alpha value is -3.42. The normalized spacial score (nSPS) is 15.6. The van der Waals surface area contributed by atoms with E-state index < -0.39 is 17.8 Å². The third kappa shape index (κ3) is 3.14. The van der Waals surface area contributed by atoms with E-state index in [0.29, 0.717) is 11.5 Å². The van der Waals surface area contributed by atoms with Gasteiger partial charge >= 0.3 is 6.01 Å². The Bertz CT molecular complexity index is 928. The minimum absolute atomic E-state index is 0.105. The molecule has 1 aliphatic heterocycles. The summed E-state index contributed by atoms with van der Waals surface area (Å²) in [5.41, 5.74) is 0.144. The van der Waals surface area contributed by atoms with Gasteiger partial charge < -0.3 is 13.9 Å². The van der Waals surface area contributed by atoms with Gasteiger partial charge in [-0.2, -0.15) is 0 Å². The molecule has 126 valence electrons. The van der Waals surface area contributed by atoms with Crippen LogP contribution in [0, 0.1) is 5.82 Å². The van der Waals surface area contributed by atoms with Crippen LogP contribution in [0.5, 0.6) is 11.5 Å². The van der Waals surface area contributed by atoms with Crippen molar-refractivity contribution < 1.29 is 23.1 Å². The molecule has 4 rings (SSSR count). The number of nitrogens with one attached hydrogen (secondary N) is 1. The predicted octanol–water partition coefficient (Wildman–Crippen LogP) is 2.97. The third-order valence-electron chi connectivity index (χ3n) is 3.53. The molecule has 1 N–H and O–H groups in total. The number of amides is 1. The van der Waals surface area contributed by atoms with Crippen molar-refractivity contribution >= 4 is 11.9 Å². The molecule has 3 aromatic rings. The van der Waals surface area contributed by atoms with Gasteiger partial charge in [-0.3, -0.25) is 10.1 Å². The molecule has 1 atom stereocenters. The maximum atomic E-state index is 13.2. The van der Waals surface area contributed by atoms with Crippen molar-refractivity contribution in [2.24, 2.45) is 0 Å². The van der Waals surface area contributed by atoms with Crippen molar-refractivity contribution in [3.05, 3.63) is 65.8 Å². The molecule has 0 aliphatic carbocycles. The van der Waals surface area contributed by atoms with Crippen molar-refractivity contribution in [1.82, 2.24) is 10.2 Å². The molecule has 2 heterocycles. The molecule has 0 bridgehead atoms. The van der Waals surface area contributed by atoms with Gasteiger partial charge in [0.2, 0.25) is 6.10 Å². The van der Waals surface area contributed by atoms with Crippen LogP contribution < -0.4 is 14.8 Å². The lowest BCUT2D eigenvalue weighted by Crippen LogP contribution is -2.21. The summed E-state index contributed by atoms with van der Waals surface area (Å²) in [5, 5.41) is 10.0. The number of anilines is 1. The number of para-hydroxylation sites is 2. The maximum Gasteiger partial charge on any atom is 0.322 e. The molecule has 7 nitrogen and oxygen atoms in total. The van der Waals surface area contributed by atoms with Crippen LogP contribution >= 0.6 is 0 Å². The van der Waals surface area contributed by atoms with E-state index in [1.54, 1.807) is 12.1 Å². The van der Waals surface area contributed by atoms with Crippen molar-refractivity contribution in [1.29, 1.82) is 0 Å². The van der Waals surface area contributed by atoms with E-state index in [-0.39, 0.29) is 24.1 Å². The Labute approximate surface area is 141 Å². The van der Waals surface area contributed by atoms with Gasteiger partial charge in [0.15, 0.2) is 11.5 Å². The fourth-order valence-electron chi connectivity index (χ4n) is 2.36. The summed E-state index contributed by atoms with van der Waals surface area (Å²) in [4.78, 5) is 12.1. The van der Waals surface area contributed by atoms with E-state index in [4.69, 9.17) is 13.9 Å². The fourth-order valence-corrected chi connectivity index (χ4v) is 2.36. The summed E-state index contributed by atoms with van der Waals surface area (Å²) in [5.74, 6) is 0.315. The van der Waals surface area contributed by atoms with E-state index in [9.17, 15) is 9.18 Å². The first kappa shape index (κ1) is 15.1. The Morgan fingerprint density at radius 1 is 1.12 bits per heavy atom. The topological polar surface area (TPSA) is 86.5 Å². The Balaban J connectivity index is 1.47. The van der Waals surface area contributed by atoms with Crippen molar-refractivity contribution in [2.45, 2.75) is 6.10 Å². The zero-order chi connectivity index (χ0) is 17.2. The highest BCUT2D eigenvalue weighted by Gasteiger charge is 2.27. The molecule has 0 saturated heterocycles. The summed E-state index contributed by atoms with van der Waals surface area (Å²) in [7, 11) is 0. The van der Waals surface area contributed by atoms with Crippen LogP contribution in [-0.2, 0) is 0 Å². The zero-order valence-electron chi connectivity index (χ0n) is 12.8. The van der Waals surface area contributed by atoms with E-state index in [1.807, 2.05) is 12.1 Å². The average molecular weight is 341 g/mol. The molecule has 25 heavy (non-hydrogen) atoms. The number of rotatable bonds is 3. The van der Waals surface area contributed by atoms with Gasteiger partial charge in [-0.1, -0.05) is 23.3 Å². The van der Waals surface area contributed by atoms with Crippen molar-refractivity contribution in [2.75, 3.05) is 11.9 Å². The molecule has 0 fully saturated rings. The molecule has 0 radical (unpaired) electrons. The smallest absolute Gasteiger partial charge is 0.322 e. The highest BCUT2D eigenvalue weighted by Crippen LogP contribution is 2.35. The lowest BCUT2D eigenvalue weighted by Gasteiger charge is -2.23. The second kappa shape index (κ2) is 6.23. The highest BCUT2D eigenvalue weighted by atomic mass is 19.1. The number of halogens is 1. The summed E-state index contributed by atoms with van der Waals surface area (Å²) < 4.78 is 29.9. The fraction of sp³-hybridized carbons (Fsp3) is 0.118. The molecule has 2 aromatic carbocycles. The Morgan fingerprint density at radius 3 is 2.80 bits per heavy atom. The minimum Gasteiger partial charge on any atom is -0.485 e. The molecule has 1 aromatic heterocycles. The first-order valence-corrected chi connectivity index (χ1v) is 7.48. The molecule has 0 unspecified atom stereocenters. The molecule has 0 saturated carbocycles. The van der Waals surface area contributed by atoms with Gasteiger partial charge in [0.05, 0.1) is 0 Å². The number of benzene rings is 2. The number of aromatic nitrogens is 2. The quantitative estimate of drug-likeness (QED) is 0.788. The lowest BCUT2D eigenvalue weighted by molar-refractivity contribution is 0.0716. The molecular weight excluding hydrogens is 329 g/mol. The third-order valence-corrected chi connectivity index (χ3v) is 3.53. The van der Waals surface area contributed by atoms with E-state index in [1.165, 1.54) is 18.2 Å². The summed E-state index contributed by atoms with van der Waals surface area (Å²) in [6.45, 7) is 0.205. The van der Waals surface area contributed by atoms with Crippen molar-refractivity contribution in [3.63, 3.8) is 0 Å². The number of carbonyl (C=O) groups is 1. The van der Waals surface area contributed by atoms with Crippen LogP contribution in [0.4, 0.5) is 10.4 Å². The number of nitrogens with zero attached hydrogens (tertiary/aromatic N) is 2. The standard InChI is InChI=1S/C17H12FN3O4/c18-11-5-3-4-10(8-11)15(22)19-17-21-20-16(25-17)14-9-23-12-6-1-2-7-13(12)24-14/h1-8,14H,9H2,(H,19,21,22)/t14-/m0/s1. The largest absolute Gasteiger partial charge is 0.485 e. The van der Waals surface area contributed by atoms with Crippen molar-refractivity contribution in [3.8, 4) is 11.5 Å². The summed E-state index contributed by atoms with van der Waals surface area (Å²) in [6.07, 6.45) is -0.581. The molecular formula is C17H12FN3O4. The van der Waals surface area contributed by atoms with E-state index in [2.05, 4.69) is 15.5 Å². The van der Waals surface area contributed by atoms with Crippen LogP contribution in [0.2, 0.25) is 0 Å². The van der Waals surface area contributed by atoms with Gasteiger partial charge in [-0.25, -0.2) is 4.39 Å². The first-order valence-electron chi connectivity index (χ1n) is 7.48. The summed E-state index contributed by atoms with van der Waals surface area (Å²) >= 11 is 0. The maximum absolute atomic E-state index is 13.2. The zero-order valence-corrected chi connectivity index (χ0v) is 12.8. The lowest BCUT2D eigenvalue weighted by atomic mass is 10.2. The summed E-state index contributed by atoms with van der Waals surface area (Å²) in [6, 6.07) is 12.4.